The van der Waals surface area contributed by atoms with Crippen molar-refractivity contribution in [3.63, 3.8) is 0 Å². The Balaban J connectivity index is 2.15. The van der Waals surface area contributed by atoms with Crippen LogP contribution >= 0.6 is 15.9 Å². The molecule has 0 aliphatic rings. The van der Waals surface area contributed by atoms with Crippen molar-refractivity contribution in [3.8, 4) is 0 Å². The van der Waals surface area contributed by atoms with Crippen molar-refractivity contribution in [1.82, 2.24) is 9.97 Å². The van der Waals surface area contributed by atoms with Gasteiger partial charge in [0.05, 0.1) is 5.69 Å². The summed E-state index contributed by atoms with van der Waals surface area (Å²) in [4.78, 5) is 20.6. The van der Waals surface area contributed by atoms with Gasteiger partial charge in [0.2, 0.25) is 0 Å². The minimum absolute atomic E-state index is 0.279. The van der Waals surface area contributed by atoms with Gasteiger partial charge in [0, 0.05) is 11.0 Å². The zero-order valence-electron chi connectivity index (χ0n) is 11.3. The molecule has 5 nitrogen and oxygen atoms in total. The summed E-state index contributed by atoms with van der Waals surface area (Å²) in [6, 6.07) is 8.87. The average molecular weight is 335 g/mol. The van der Waals surface area contributed by atoms with E-state index in [4.69, 9.17) is 0 Å². The Morgan fingerprint density at radius 2 is 2.00 bits per heavy atom. The number of hydrogen-bond donors (Lipinski definition) is 2. The molecule has 6 heteroatoms. The summed E-state index contributed by atoms with van der Waals surface area (Å²) in [6.07, 6.45) is 0. The Kier molecular flexibility index (Phi) is 4.68. The molecule has 1 amide bonds. The standard InChI is InChI=1S/C14H15BrN4O/c1-3-16-12-6-4-5-11(18-12)14(20)19-13-8-7-10(15)9(2)17-13/h4-8H,3H2,1-2H3,(H,16,18)(H,17,19,20). The lowest BCUT2D eigenvalue weighted by Crippen LogP contribution is -2.15. The van der Waals surface area contributed by atoms with Crippen molar-refractivity contribution in [2.45, 2.75) is 13.8 Å². The van der Waals surface area contributed by atoms with Crippen LogP contribution in [0, 0.1) is 6.92 Å². The number of carbonyl (C=O) groups is 1. The summed E-state index contributed by atoms with van der Waals surface area (Å²) < 4.78 is 0.905. The van der Waals surface area contributed by atoms with Crippen LogP contribution in [0.2, 0.25) is 0 Å². The first-order valence-electron chi connectivity index (χ1n) is 6.25. The first kappa shape index (κ1) is 14.5. The maximum absolute atomic E-state index is 12.1. The van der Waals surface area contributed by atoms with Crippen LogP contribution in [0.25, 0.3) is 0 Å². The lowest BCUT2D eigenvalue weighted by molar-refractivity contribution is 0.102. The third kappa shape index (κ3) is 3.54. The molecule has 0 bridgehead atoms. The summed E-state index contributed by atoms with van der Waals surface area (Å²) in [5, 5.41) is 5.80. The SMILES string of the molecule is CCNc1cccc(C(=O)Nc2ccc(Br)c(C)n2)n1. The fraction of sp³-hybridized carbons (Fsp3) is 0.214. The van der Waals surface area contributed by atoms with Crippen molar-refractivity contribution in [2.24, 2.45) is 0 Å². The number of aromatic nitrogens is 2. The number of pyridine rings is 2. The van der Waals surface area contributed by atoms with Crippen molar-refractivity contribution >= 4 is 33.5 Å². The molecule has 0 spiro atoms. The van der Waals surface area contributed by atoms with E-state index in [1.807, 2.05) is 26.0 Å². The van der Waals surface area contributed by atoms with Crippen LogP contribution in [0.15, 0.2) is 34.8 Å². The van der Waals surface area contributed by atoms with E-state index in [-0.39, 0.29) is 5.91 Å². The second-order valence-electron chi connectivity index (χ2n) is 4.16. The number of nitrogens with one attached hydrogen (secondary N) is 2. The van der Waals surface area contributed by atoms with E-state index < -0.39 is 0 Å². The molecule has 0 radical (unpaired) electrons. The first-order valence-corrected chi connectivity index (χ1v) is 7.05. The maximum atomic E-state index is 12.1. The molecule has 0 saturated heterocycles. The van der Waals surface area contributed by atoms with Gasteiger partial charge in [0.15, 0.2) is 0 Å². The Bertz CT molecular complexity index is 630. The number of hydrogen-bond acceptors (Lipinski definition) is 4. The molecular weight excluding hydrogens is 320 g/mol. The van der Waals surface area contributed by atoms with E-state index in [0.717, 1.165) is 16.7 Å². The third-order valence-electron chi connectivity index (χ3n) is 2.60. The number of aryl methyl sites for hydroxylation is 1. The Labute approximate surface area is 126 Å². The minimum atomic E-state index is -0.279. The van der Waals surface area contributed by atoms with Gasteiger partial charge in [-0.2, -0.15) is 0 Å². The molecule has 104 valence electrons. The van der Waals surface area contributed by atoms with Crippen LogP contribution in [0.4, 0.5) is 11.6 Å². The van der Waals surface area contributed by atoms with Crippen LogP contribution in [-0.2, 0) is 0 Å². The highest BCUT2D eigenvalue weighted by Crippen LogP contribution is 2.16. The molecule has 2 aromatic rings. The van der Waals surface area contributed by atoms with E-state index >= 15 is 0 Å². The first-order chi connectivity index (χ1) is 9.60. The Morgan fingerprint density at radius 1 is 1.20 bits per heavy atom. The zero-order chi connectivity index (χ0) is 14.5. The zero-order valence-corrected chi connectivity index (χ0v) is 12.9. The molecule has 0 saturated carbocycles. The van der Waals surface area contributed by atoms with Gasteiger partial charge in [0.1, 0.15) is 17.3 Å². The molecule has 0 atom stereocenters. The molecule has 2 N–H and O–H groups in total. The molecule has 2 aromatic heterocycles. The van der Waals surface area contributed by atoms with Crippen molar-refractivity contribution in [2.75, 3.05) is 17.2 Å². The molecular formula is C14H15BrN4O. The molecule has 2 rings (SSSR count). The summed E-state index contributed by atoms with van der Waals surface area (Å²) in [5.74, 6) is 0.908. The molecule has 0 aliphatic carbocycles. The summed E-state index contributed by atoms with van der Waals surface area (Å²) in [5.41, 5.74) is 1.17. The molecule has 0 fully saturated rings. The molecule has 0 unspecified atom stereocenters. The topological polar surface area (TPSA) is 66.9 Å². The number of anilines is 2. The Hall–Kier alpha value is -1.95. The number of carbonyl (C=O) groups excluding carboxylic acids is 1. The highest BCUT2D eigenvalue weighted by atomic mass is 79.9. The van der Waals surface area contributed by atoms with Crippen LogP contribution in [0.3, 0.4) is 0 Å². The van der Waals surface area contributed by atoms with Crippen LogP contribution in [0.5, 0.6) is 0 Å². The number of nitrogens with zero attached hydrogens (tertiary/aromatic N) is 2. The fourth-order valence-electron chi connectivity index (χ4n) is 1.63. The fourth-order valence-corrected chi connectivity index (χ4v) is 1.86. The van der Waals surface area contributed by atoms with E-state index in [1.165, 1.54) is 0 Å². The lowest BCUT2D eigenvalue weighted by Gasteiger charge is -2.07. The number of amides is 1. The maximum Gasteiger partial charge on any atom is 0.275 e. The summed E-state index contributed by atoms with van der Waals surface area (Å²) in [6.45, 7) is 4.60. The van der Waals surface area contributed by atoms with Crippen LogP contribution < -0.4 is 10.6 Å². The van der Waals surface area contributed by atoms with Gasteiger partial charge in [-0.1, -0.05) is 6.07 Å². The van der Waals surface area contributed by atoms with Gasteiger partial charge in [-0.3, -0.25) is 4.79 Å². The van der Waals surface area contributed by atoms with Gasteiger partial charge in [-0.05, 0) is 54.0 Å². The third-order valence-corrected chi connectivity index (χ3v) is 3.44. The van der Waals surface area contributed by atoms with E-state index in [2.05, 4.69) is 36.5 Å². The normalized spacial score (nSPS) is 10.2. The van der Waals surface area contributed by atoms with Crippen molar-refractivity contribution in [1.29, 1.82) is 0 Å². The lowest BCUT2D eigenvalue weighted by atomic mass is 10.3. The second kappa shape index (κ2) is 6.47. The predicted molar refractivity (Wildman–Crippen MR) is 83.0 cm³/mol. The van der Waals surface area contributed by atoms with Crippen LogP contribution in [0.1, 0.15) is 23.1 Å². The average Bonchev–Trinajstić information content (AvgIpc) is 2.43. The summed E-state index contributed by atoms with van der Waals surface area (Å²) >= 11 is 3.37. The molecule has 2 heterocycles. The molecule has 20 heavy (non-hydrogen) atoms. The van der Waals surface area contributed by atoms with E-state index in [9.17, 15) is 4.79 Å². The monoisotopic (exact) mass is 334 g/mol. The van der Waals surface area contributed by atoms with Gasteiger partial charge in [-0.25, -0.2) is 9.97 Å². The largest absolute Gasteiger partial charge is 0.370 e. The van der Waals surface area contributed by atoms with Gasteiger partial charge in [-0.15, -0.1) is 0 Å². The quantitative estimate of drug-likeness (QED) is 0.900. The van der Waals surface area contributed by atoms with Crippen LogP contribution in [-0.4, -0.2) is 22.4 Å². The van der Waals surface area contributed by atoms with Gasteiger partial charge in [0.25, 0.3) is 5.91 Å². The van der Waals surface area contributed by atoms with Crippen molar-refractivity contribution < 1.29 is 4.79 Å². The molecule has 0 aliphatic heterocycles. The number of halogens is 1. The van der Waals surface area contributed by atoms with E-state index in [1.54, 1.807) is 18.2 Å². The number of rotatable bonds is 4. The minimum Gasteiger partial charge on any atom is -0.370 e. The predicted octanol–water partition coefficient (Wildman–Crippen LogP) is 3.23. The smallest absolute Gasteiger partial charge is 0.275 e. The summed E-state index contributed by atoms with van der Waals surface area (Å²) in [7, 11) is 0. The highest BCUT2D eigenvalue weighted by Gasteiger charge is 2.09. The van der Waals surface area contributed by atoms with E-state index in [0.29, 0.717) is 17.3 Å². The Morgan fingerprint density at radius 3 is 2.70 bits per heavy atom. The van der Waals surface area contributed by atoms with Gasteiger partial charge < -0.3 is 10.6 Å². The molecule has 0 aromatic carbocycles. The second-order valence-corrected chi connectivity index (χ2v) is 5.01. The highest BCUT2D eigenvalue weighted by molar-refractivity contribution is 9.10. The van der Waals surface area contributed by atoms with Gasteiger partial charge >= 0.3 is 0 Å². The van der Waals surface area contributed by atoms with Crippen molar-refractivity contribution in [3.05, 3.63) is 46.2 Å².